The zero-order valence-corrected chi connectivity index (χ0v) is 15.5. The van der Waals surface area contributed by atoms with Gasteiger partial charge in [0, 0.05) is 23.5 Å². The zero-order chi connectivity index (χ0) is 20.4. The number of anilines is 1. The lowest BCUT2D eigenvalue weighted by Gasteiger charge is -2.26. The lowest BCUT2D eigenvalue weighted by molar-refractivity contribution is -0.122. The molecule has 7 heteroatoms. The number of benzene rings is 2. The Kier molecular flexibility index (Phi) is 4.70. The van der Waals surface area contributed by atoms with Gasteiger partial charge >= 0.3 is 6.03 Å². The fourth-order valence-electron chi connectivity index (χ4n) is 2.90. The number of carbonyl (C=O) groups excluding carboxylic acids is 3. The maximum atomic E-state index is 12.9. The van der Waals surface area contributed by atoms with E-state index < -0.39 is 17.8 Å². The van der Waals surface area contributed by atoms with E-state index in [1.54, 1.807) is 24.3 Å². The van der Waals surface area contributed by atoms with Gasteiger partial charge in [0.05, 0.1) is 5.69 Å². The molecule has 1 aliphatic rings. The van der Waals surface area contributed by atoms with E-state index in [1.807, 2.05) is 37.3 Å². The molecule has 4 rings (SSSR count). The summed E-state index contributed by atoms with van der Waals surface area (Å²) in [5, 5.41) is 2.20. The summed E-state index contributed by atoms with van der Waals surface area (Å²) in [5.74, 6) is -0.922. The molecule has 1 aliphatic heterocycles. The summed E-state index contributed by atoms with van der Waals surface area (Å²) in [6.45, 7) is 1.90. The van der Waals surface area contributed by atoms with Gasteiger partial charge in [-0.1, -0.05) is 48.0 Å². The molecule has 0 bridgehead atoms. The van der Waals surface area contributed by atoms with Gasteiger partial charge < -0.3 is 0 Å². The Labute approximate surface area is 166 Å². The molecule has 0 radical (unpaired) electrons. The van der Waals surface area contributed by atoms with Crippen LogP contribution in [0.15, 0.2) is 72.6 Å². The third kappa shape index (κ3) is 3.66. The average molecular weight is 384 g/mol. The third-order valence-electron chi connectivity index (χ3n) is 4.41. The van der Waals surface area contributed by atoms with E-state index in [0.717, 1.165) is 16.0 Å². The first kappa shape index (κ1) is 18.2. The minimum absolute atomic E-state index is 0.166. The van der Waals surface area contributed by atoms with Crippen LogP contribution in [0.25, 0.3) is 17.5 Å². The largest absolute Gasteiger partial charge is 0.335 e. The summed E-state index contributed by atoms with van der Waals surface area (Å²) in [6.07, 6.45) is 4.42. The number of nitrogens with one attached hydrogen (secondary N) is 1. The summed E-state index contributed by atoms with van der Waals surface area (Å²) in [4.78, 5) is 46.8. The molecule has 142 valence electrons. The van der Waals surface area contributed by atoms with Crippen LogP contribution in [0.3, 0.4) is 0 Å². The second-order valence-corrected chi connectivity index (χ2v) is 6.50. The Morgan fingerprint density at radius 1 is 0.897 bits per heavy atom. The number of barbiturate groups is 1. The maximum absolute atomic E-state index is 12.9. The topological polar surface area (TPSA) is 92.3 Å². The molecule has 0 aliphatic carbocycles. The summed E-state index contributed by atoms with van der Waals surface area (Å²) < 4.78 is 0. The van der Waals surface area contributed by atoms with Crippen molar-refractivity contribution in [1.29, 1.82) is 0 Å². The van der Waals surface area contributed by atoms with Gasteiger partial charge in [0.25, 0.3) is 11.8 Å². The summed E-state index contributed by atoms with van der Waals surface area (Å²) in [6, 6.07) is 15.5. The minimum atomic E-state index is -0.781. The monoisotopic (exact) mass is 384 g/mol. The number of carbonyl (C=O) groups is 3. The van der Waals surface area contributed by atoms with Gasteiger partial charge in [-0.3, -0.25) is 14.9 Å². The van der Waals surface area contributed by atoms with Gasteiger partial charge in [-0.15, -0.1) is 0 Å². The lowest BCUT2D eigenvalue weighted by atomic mass is 10.1. The molecule has 1 aromatic heterocycles. The molecule has 1 fully saturated rings. The number of amides is 4. The second kappa shape index (κ2) is 7.47. The number of urea groups is 1. The van der Waals surface area contributed by atoms with Crippen molar-refractivity contribution in [2.24, 2.45) is 0 Å². The highest BCUT2D eigenvalue weighted by molar-refractivity contribution is 6.39. The van der Waals surface area contributed by atoms with Crippen LogP contribution in [0.1, 0.15) is 11.1 Å². The van der Waals surface area contributed by atoms with Crippen molar-refractivity contribution in [2.75, 3.05) is 4.90 Å². The molecule has 2 heterocycles. The first-order chi connectivity index (χ1) is 14.0. The highest BCUT2D eigenvalue weighted by Crippen LogP contribution is 2.22. The van der Waals surface area contributed by atoms with Crippen LogP contribution in [-0.4, -0.2) is 27.8 Å². The maximum Gasteiger partial charge on any atom is 0.335 e. The predicted molar refractivity (Wildman–Crippen MR) is 108 cm³/mol. The van der Waals surface area contributed by atoms with Gasteiger partial charge in [0.1, 0.15) is 5.57 Å². The smallest absolute Gasteiger partial charge is 0.273 e. The molecule has 0 atom stereocenters. The standard InChI is InChI=1S/C22H16N4O3/c1-14-7-9-17(10-8-14)26-21(28)18(20(27)25-22(26)29)11-15-12-23-19(24-13-15)16-5-3-2-4-6-16/h2-13H,1H3,(H,25,27,29). The van der Waals surface area contributed by atoms with Gasteiger partial charge in [-0.25, -0.2) is 19.7 Å². The Hall–Kier alpha value is -4.13. The number of hydrogen-bond acceptors (Lipinski definition) is 5. The molecule has 0 unspecified atom stereocenters. The van der Waals surface area contributed by atoms with Crippen LogP contribution < -0.4 is 10.2 Å². The molecule has 0 spiro atoms. The number of rotatable bonds is 3. The van der Waals surface area contributed by atoms with Crippen molar-refractivity contribution in [3.05, 3.63) is 83.7 Å². The van der Waals surface area contributed by atoms with E-state index in [1.165, 1.54) is 18.5 Å². The van der Waals surface area contributed by atoms with E-state index in [2.05, 4.69) is 15.3 Å². The predicted octanol–water partition coefficient (Wildman–Crippen LogP) is 3.12. The Morgan fingerprint density at radius 2 is 1.55 bits per heavy atom. The van der Waals surface area contributed by atoms with Crippen LogP contribution in [0.2, 0.25) is 0 Å². The van der Waals surface area contributed by atoms with Crippen molar-refractivity contribution < 1.29 is 14.4 Å². The Balaban J connectivity index is 1.65. The highest BCUT2D eigenvalue weighted by atomic mass is 16.2. The SMILES string of the molecule is Cc1ccc(N2C(=O)NC(=O)C(=Cc3cnc(-c4ccccc4)nc3)C2=O)cc1. The number of hydrogen-bond donors (Lipinski definition) is 1. The fraction of sp³-hybridized carbons (Fsp3) is 0.0455. The van der Waals surface area contributed by atoms with Crippen LogP contribution in [0.4, 0.5) is 10.5 Å². The number of aromatic nitrogens is 2. The van der Waals surface area contributed by atoms with Gasteiger partial charge in [0.15, 0.2) is 5.82 Å². The molecule has 3 aromatic rings. The Morgan fingerprint density at radius 3 is 2.21 bits per heavy atom. The quantitative estimate of drug-likeness (QED) is 0.553. The lowest BCUT2D eigenvalue weighted by Crippen LogP contribution is -2.54. The van der Waals surface area contributed by atoms with Crippen molar-refractivity contribution in [3.63, 3.8) is 0 Å². The summed E-state index contributed by atoms with van der Waals surface area (Å²) >= 11 is 0. The van der Waals surface area contributed by atoms with E-state index in [0.29, 0.717) is 17.1 Å². The van der Waals surface area contributed by atoms with Crippen molar-refractivity contribution >= 4 is 29.6 Å². The molecule has 1 saturated heterocycles. The van der Waals surface area contributed by atoms with E-state index in [-0.39, 0.29) is 5.57 Å². The minimum Gasteiger partial charge on any atom is -0.273 e. The van der Waals surface area contributed by atoms with Crippen molar-refractivity contribution in [3.8, 4) is 11.4 Å². The molecule has 4 amide bonds. The second-order valence-electron chi connectivity index (χ2n) is 6.50. The number of aryl methyl sites for hydroxylation is 1. The summed E-state index contributed by atoms with van der Waals surface area (Å²) in [7, 11) is 0. The first-order valence-electron chi connectivity index (χ1n) is 8.88. The average Bonchev–Trinajstić information content (AvgIpc) is 2.73. The molecular formula is C22H16N4O3. The first-order valence-corrected chi connectivity index (χ1v) is 8.88. The van der Waals surface area contributed by atoms with E-state index >= 15 is 0 Å². The van der Waals surface area contributed by atoms with Crippen LogP contribution in [0.5, 0.6) is 0 Å². The van der Waals surface area contributed by atoms with Gasteiger partial charge in [-0.05, 0) is 25.1 Å². The number of imide groups is 2. The van der Waals surface area contributed by atoms with E-state index in [9.17, 15) is 14.4 Å². The number of nitrogens with zero attached hydrogens (tertiary/aromatic N) is 3. The van der Waals surface area contributed by atoms with Gasteiger partial charge in [0.2, 0.25) is 0 Å². The zero-order valence-electron chi connectivity index (χ0n) is 15.5. The molecule has 2 aromatic carbocycles. The van der Waals surface area contributed by atoms with Crippen molar-refractivity contribution in [2.45, 2.75) is 6.92 Å². The normalized spacial score (nSPS) is 15.6. The van der Waals surface area contributed by atoms with Crippen LogP contribution in [0, 0.1) is 6.92 Å². The van der Waals surface area contributed by atoms with Crippen LogP contribution >= 0.6 is 0 Å². The van der Waals surface area contributed by atoms with Gasteiger partial charge in [-0.2, -0.15) is 0 Å². The fourth-order valence-corrected chi connectivity index (χ4v) is 2.90. The Bertz CT molecular complexity index is 1120. The highest BCUT2D eigenvalue weighted by Gasteiger charge is 2.36. The van der Waals surface area contributed by atoms with E-state index in [4.69, 9.17) is 0 Å². The molecule has 0 saturated carbocycles. The molecular weight excluding hydrogens is 368 g/mol. The van der Waals surface area contributed by atoms with Crippen LogP contribution in [-0.2, 0) is 9.59 Å². The van der Waals surface area contributed by atoms with Crippen molar-refractivity contribution in [1.82, 2.24) is 15.3 Å². The summed E-state index contributed by atoms with van der Waals surface area (Å²) in [5.41, 5.74) is 2.53. The third-order valence-corrected chi connectivity index (χ3v) is 4.41. The molecule has 29 heavy (non-hydrogen) atoms. The molecule has 1 N–H and O–H groups in total. The molecule has 7 nitrogen and oxygen atoms in total.